The summed E-state index contributed by atoms with van der Waals surface area (Å²) in [5.74, 6) is -0.335. The summed E-state index contributed by atoms with van der Waals surface area (Å²) in [4.78, 5) is 4.36. The van der Waals surface area contributed by atoms with Crippen LogP contribution >= 0.6 is 11.3 Å². The lowest BCUT2D eigenvalue weighted by molar-refractivity contribution is 0.115. The SMILES string of the molecule is Cc1nc(CC(CO)(CO)c2ccc(F)cc2)cs1. The Hall–Kier alpha value is -1.30. The Bertz CT molecular complexity index is 535. The number of halogens is 1. The van der Waals surface area contributed by atoms with E-state index in [1.807, 2.05) is 12.3 Å². The molecule has 0 aliphatic rings. The van der Waals surface area contributed by atoms with Gasteiger partial charge < -0.3 is 10.2 Å². The molecule has 0 spiro atoms. The molecule has 102 valence electrons. The molecule has 2 rings (SSSR count). The van der Waals surface area contributed by atoms with E-state index in [1.165, 1.54) is 23.5 Å². The zero-order chi connectivity index (χ0) is 13.9. The highest BCUT2D eigenvalue weighted by atomic mass is 32.1. The predicted molar refractivity (Wildman–Crippen MR) is 72.8 cm³/mol. The third kappa shape index (κ3) is 3.00. The zero-order valence-electron chi connectivity index (χ0n) is 10.6. The lowest BCUT2D eigenvalue weighted by Gasteiger charge is -2.29. The van der Waals surface area contributed by atoms with Crippen molar-refractivity contribution in [1.82, 2.24) is 4.98 Å². The smallest absolute Gasteiger partial charge is 0.123 e. The van der Waals surface area contributed by atoms with Crippen molar-refractivity contribution in [3.05, 3.63) is 51.7 Å². The van der Waals surface area contributed by atoms with Gasteiger partial charge >= 0.3 is 0 Å². The molecular formula is C14H16FNO2S. The maximum atomic E-state index is 13.0. The van der Waals surface area contributed by atoms with Crippen molar-refractivity contribution in [3.8, 4) is 0 Å². The molecule has 1 aromatic heterocycles. The van der Waals surface area contributed by atoms with Crippen LogP contribution < -0.4 is 0 Å². The van der Waals surface area contributed by atoms with E-state index in [9.17, 15) is 14.6 Å². The van der Waals surface area contributed by atoms with Crippen molar-refractivity contribution in [2.45, 2.75) is 18.8 Å². The van der Waals surface area contributed by atoms with Crippen LogP contribution in [0.5, 0.6) is 0 Å². The molecule has 3 nitrogen and oxygen atoms in total. The number of aryl methyl sites for hydroxylation is 1. The van der Waals surface area contributed by atoms with Gasteiger partial charge in [-0.1, -0.05) is 12.1 Å². The van der Waals surface area contributed by atoms with E-state index < -0.39 is 5.41 Å². The number of rotatable bonds is 5. The fourth-order valence-corrected chi connectivity index (χ4v) is 2.70. The van der Waals surface area contributed by atoms with Crippen molar-refractivity contribution < 1.29 is 14.6 Å². The van der Waals surface area contributed by atoms with Gasteiger partial charge in [0.2, 0.25) is 0 Å². The van der Waals surface area contributed by atoms with Crippen LogP contribution in [0.15, 0.2) is 29.6 Å². The van der Waals surface area contributed by atoms with Gasteiger partial charge in [-0.15, -0.1) is 11.3 Å². The molecule has 1 aromatic carbocycles. The molecule has 0 saturated carbocycles. The van der Waals surface area contributed by atoms with Crippen molar-refractivity contribution in [2.24, 2.45) is 0 Å². The van der Waals surface area contributed by atoms with Gasteiger partial charge in [0, 0.05) is 17.2 Å². The monoisotopic (exact) mass is 281 g/mol. The number of aliphatic hydroxyl groups is 2. The Kier molecular flexibility index (Phi) is 4.29. The molecule has 0 fully saturated rings. The average Bonchev–Trinajstić information content (AvgIpc) is 2.82. The number of aliphatic hydroxyl groups excluding tert-OH is 2. The lowest BCUT2D eigenvalue weighted by Crippen LogP contribution is -2.37. The summed E-state index contributed by atoms with van der Waals surface area (Å²) < 4.78 is 13.0. The van der Waals surface area contributed by atoms with Crippen molar-refractivity contribution >= 4 is 11.3 Å². The van der Waals surface area contributed by atoms with Gasteiger partial charge in [0.05, 0.1) is 23.9 Å². The number of benzene rings is 1. The Labute approximate surface area is 115 Å². The van der Waals surface area contributed by atoms with E-state index in [2.05, 4.69) is 4.98 Å². The minimum atomic E-state index is -0.825. The zero-order valence-corrected chi connectivity index (χ0v) is 11.5. The third-order valence-corrected chi connectivity index (χ3v) is 4.07. The summed E-state index contributed by atoms with van der Waals surface area (Å²) >= 11 is 1.53. The number of hydrogen-bond donors (Lipinski definition) is 2. The van der Waals surface area contributed by atoms with E-state index in [1.54, 1.807) is 12.1 Å². The first-order chi connectivity index (χ1) is 9.09. The Morgan fingerprint density at radius 2 is 1.84 bits per heavy atom. The number of hydrogen-bond acceptors (Lipinski definition) is 4. The Morgan fingerprint density at radius 1 is 1.21 bits per heavy atom. The molecule has 0 bridgehead atoms. The van der Waals surface area contributed by atoms with E-state index >= 15 is 0 Å². The molecule has 0 aliphatic carbocycles. The average molecular weight is 281 g/mol. The molecule has 19 heavy (non-hydrogen) atoms. The van der Waals surface area contributed by atoms with Gasteiger partial charge in [0.25, 0.3) is 0 Å². The van der Waals surface area contributed by atoms with Crippen molar-refractivity contribution in [1.29, 1.82) is 0 Å². The van der Waals surface area contributed by atoms with Crippen molar-refractivity contribution in [3.63, 3.8) is 0 Å². The largest absolute Gasteiger partial charge is 0.395 e. The molecule has 0 unspecified atom stereocenters. The van der Waals surface area contributed by atoms with E-state index in [0.29, 0.717) is 12.0 Å². The van der Waals surface area contributed by atoms with Crippen LogP contribution in [0.1, 0.15) is 16.3 Å². The molecule has 0 radical (unpaired) electrons. The van der Waals surface area contributed by atoms with Crippen LogP contribution in [-0.4, -0.2) is 28.4 Å². The van der Waals surface area contributed by atoms with Gasteiger partial charge in [-0.2, -0.15) is 0 Å². The minimum absolute atomic E-state index is 0.217. The summed E-state index contributed by atoms with van der Waals surface area (Å²) in [7, 11) is 0. The molecule has 0 atom stereocenters. The topological polar surface area (TPSA) is 53.4 Å². The maximum Gasteiger partial charge on any atom is 0.123 e. The lowest BCUT2D eigenvalue weighted by atomic mass is 9.78. The first-order valence-corrected chi connectivity index (χ1v) is 6.86. The highest BCUT2D eigenvalue weighted by Crippen LogP contribution is 2.28. The van der Waals surface area contributed by atoms with Crippen molar-refractivity contribution in [2.75, 3.05) is 13.2 Å². The molecule has 0 saturated heterocycles. The summed E-state index contributed by atoms with van der Waals surface area (Å²) in [6.45, 7) is 1.48. The Morgan fingerprint density at radius 3 is 2.32 bits per heavy atom. The maximum absolute atomic E-state index is 13.0. The molecule has 0 aliphatic heterocycles. The summed E-state index contributed by atoms with van der Waals surface area (Å²) in [6.07, 6.45) is 0.427. The summed E-state index contributed by atoms with van der Waals surface area (Å²) in [5.41, 5.74) is 0.716. The molecule has 2 aromatic rings. The Balaban J connectivity index is 2.33. The molecular weight excluding hydrogens is 265 g/mol. The van der Waals surface area contributed by atoms with Gasteiger partial charge in [-0.05, 0) is 24.6 Å². The van der Waals surface area contributed by atoms with E-state index in [0.717, 1.165) is 10.7 Å². The number of nitrogens with zero attached hydrogens (tertiary/aromatic N) is 1. The highest BCUT2D eigenvalue weighted by Gasteiger charge is 2.32. The van der Waals surface area contributed by atoms with Crippen LogP contribution in [-0.2, 0) is 11.8 Å². The van der Waals surface area contributed by atoms with E-state index in [4.69, 9.17) is 0 Å². The first-order valence-electron chi connectivity index (χ1n) is 5.98. The third-order valence-electron chi connectivity index (χ3n) is 3.25. The van der Waals surface area contributed by atoms with Gasteiger partial charge in [-0.25, -0.2) is 9.37 Å². The molecule has 0 amide bonds. The normalized spacial score (nSPS) is 11.8. The summed E-state index contributed by atoms with van der Waals surface area (Å²) in [6, 6.07) is 5.87. The van der Waals surface area contributed by atoms with Crippen LogP contribution in [0.25, 0.3) is 0 Å². The molecule has 1 heterocycles. The van der Waals surface area contributed by atoms with Crippen LogP contribution in [0.4, 0.5) is 4.39 Å². The van der Waals surface area contributed by atoms with Gasteiger partial charge in [-0.3, -0.25) is 0 Å². The van der Waals surface area contributed by atoms with Crippen LogP contribution in [0.3, 0.4) is 0 Å². The predicted octanol–water partition coefficient (Wildman–Crippen LogP) is 2.06. The standard InChI is InChI=1S/C14H16FNO2S/c1-10-16-13(7-19-10)6-14(8-17,9-18)11-2-4-12(15)5-3-11/h2-5,7,17-18H,6,8-9H2,1H3. The number of thiazole rings is 1. The fraction of sp³-hybridized carbons (Fsp3) is 0.357. The quantitative estimate of drug-likeness (QED) is 0.882. The second-order valence-electron chi connectivity index (χ2n) is 4.64. The minimum Gasteiger partial charge on any atom is -0.395 e. The first kappa shape index (κ1) is 14.1. The number of aromatic nitrogens is 1. The molecule has 2 N–H and O–H groups in total. The molecule has 5 heteroatoms. The second kappa shape index (κ2) is 5.77. The van der Waals surface area contributed by atoms with E-state index in [-0.39, 0.29) is 19.0 Å². The van der Waals surface area contributed by atoms with Gasteiger partial charge in [0.15, 0.2) is 0 Å². The second-order valence-corrected chi connectivity index (χ2v) is 5.70. The summed E-state index contributed by atoms with van der Waals surface area (Å²) in [5, 5.41) is 22.2. The van der Waals surface area contributed by atoms with Crippen LogP contribution in [0.2, 0.25) is 0 Å². The van der Waals surface area contributed by atoms with Gasteiger partial charge in [0.1, 0.15) is 5.82 Å². The van der Waals surface area contributed by atoms with Crippen LogP contribution in [0, 0.1) is 12.7 Å². The fourth-order valence-electron chi connectivity index (χ4n) is 2.09. The highest BCUT2D eigenvalue weighted by molar-refractivity contribution is 7.09.